The number of aromatic nitrogens is 4. The highest BCUT2D eigenvalue weighted by atomic mass is 16.3. The number of rotatable bonds is 2. The Kier molecular flexibility index (Phi) is 2.60. The minimum atomic E-state index is 0.280. The van der Waals surface area contributed by atoms with E-state index in [1.807, 2.05) is 32.9 Å². The zero-order chi connectivity index (χ0) is 11.7. The molecule has 0 aliphatic heterocycles. The van der Waals surface area contributed by atoms with Crippen molar-refractivity contribution >= 4 is 0 Å². The quantitative estimate of drug-likeness (QED) is 0.834. The molecule has 16 heavy (non-hydrogen) atoms. The molecular formula is C11H14N4O. The molecule has 0 saturated heterocycles. The normalized spacial score (nSPS) is 11.0. The number of aryl methyl sites for hydroxylation is 1. The van der Waals surface area contributed by atoms with Gasteiger partial charge in [0.25, 0.3) is 0 Å². The van der Waals surface area contributed by atoms with Crippen LogP contribution < -0.4 is 0 Å². The number of hydrogen-bond acceptors (Lipinski definition) is 4. The predicted molar refractivity (Wildman–Crippen MR) is 59.6 cm³/mol. The van der Waals surface area contributed by atoms with Crippen LogP contribution in [0.5, 0.6) is 5.75 Å². The van der Waals surface area contributed by atoms with Gasteiger partial charge in [0.15, 0.2) is 5.82 Å². The molecule has 1 N–H and O–H groups in total. The number of aromatic hydroxyl groups is 1. The SMILES string of the molecule is Cc1nnnn1-c1ccc(C(C)C)c(O)c1. The van der Waals surface area contributed by atoms with Gasteiger partial charge in [0.2, 0.25) is 0 Å². The summed E-state index contributed by atoms with van der Waals surface area (Å²) in [6.45, 7) is 5.89. The number of phenolic OH excluding ortho intramolecular Hbond substituents is 1. The van der Waals surface area contributed by atoms with E-state index in [4.69, 9.17) is 0 Å². The molecule has 84 valence electrons. The van der Waals surface area contributed by atoms with Crippen LogP contribution in [0.25, 0.3) is 5.69 Å². The first-order valence-electron chi connectivity index (χ1n) is 5.18. The predicted octanol–water partition coefficient (Wildman–Crippen LogP) is 1.80. The summed E-state index contributed by atoms with van der Waals surface area (Å²) in [6.07, 6.45) is 0. The van der Waals surface area contributed by atoms with Crippen LogP contribution in [0, 0.1) is 6.92 Å². The lowest BCUT2D eigenvalue weighted by Crippen LogP contribution is -2.00. The maximum Gasteiger partial charge on any atom is 0.153 e. The first-order valence-corrected chi connectivity index (χ1v) is 5.18. The van der Waals surface area contributed by atoms with Crippen molar-refractivity contribution in [3.05, 3.63) is 29.6 Å². The molecule has 2 rings (SSSR count). The average molecular weight is 218 g/mol. The fourth-order valence-electron chi connectivity index (χ4n) is 1.62. The third-order valence-electron chi connectivity index (χ3n) is 2.51. The highest BCUT2D eigenvalue weighted by Gasteiger charge is 2.09. The second-order valence-electron chi connectivity index (χ2n) is 4.04. The Morgan fingerprint density at radius 1 is 1.31 bits per heavy atom. The van der Waals surface area contributed by atoms with Gasteiger partial charge in [-0.15, -0.1) is 5.10 Å². The van der Waals surface area contributed by atoms with Crippen molar-refractivity contribution in [1.82, 2.24) is 20.2 Å². The summed E-state index contributed by atoms with van der Waals surface area (Å²) < 4.78 is 1.59. The molecule has 0 spiro atoms. The Bertz CT molecular complexity index is 504. The van der Waals surface area contributed by atoms with Crippen LogP contribution in [-0.4, -0.2) is 25.3 Å². The van der Waals surface area contributed by atoms with Crippen LogP contribution >= 0.6 is 0 Å². The third kappa shape index (κ3) is 1.76. The highest BCUT2D eigenvalue weighted by Crippen LogP contribution is 2.27. The summed E-state index contributed by atoms with van der Waals surface area (Å²) in [5.41, 5.74) is 1.69. The lowest BCUT2D eigenvalue weighted by molar-refractivity contribution is 0.464. The Labute approximate surface area is 93.7 Å². The molecule has 5 nitrogen and oxygen atoms in total. The molecular weight excluding hydrogens is 204 g/mol. The first-order chi connectivity index (χ1) is 7.59. The molecule has 0 aliphatic rings. The third-order valence-corrected chi connectivity index (χ3v) is 2.51. The van der Waals surface area contributed by atoms with Gasteiger partial charge in [-0.3, -0.25) is 0 Å². The molecule has 0 unspecified atom stereocenters. The Hall–Kier alpha value is -1.91. The van der Waals surface area contributed by atoms with Gasteiger partial charge >= 0.3 is 0 Å². The van der Waals surface area contributed by atoms with E-state index in [0.717, 1.165) is 11.3 Å². The van der Waals surface area contributed by atoms with Crippen molar-refractivity contribution in [3.8, 4) is 11.4 Å². The largest absolute Gasteiger partial charge is 0.508 e. The van der Waals surface area contributed by atoms with Crippen LogP contribution in [0.4, 0.5) is 0 Å². The highest BCUT2D eigenvalue weighted by molar-refractivity contribution is 5.44. The van der Waals surface area contributed by atoms with Crippen molar-refractivity contribution < 1.29 is 5.11 Å². The second-order valence-corrected chi connectivity index (χ2v) is 4.04. The van der Waals surface area contributed by atoms with Gasteiger partial charge in [0, 0.05) is 6.07 Å². The molecule has 0 atom stereocenters. The second kappa shape index (κ2) is 3.92. The molecule has 0 amide bonds. The molecule has 0 bridgehead atoms. The van der Waals surface area contributed by atoms with Crippen molar-refractivity contribution in [2.24, 2.45) is 0 Å². The van der Waals surface area contributed by atoms with Gasteiger partial charge in [-0.25, -0.2) is 0 Å². The van der Waals surface area contributed by atoms with E-state index in [9.17, 15) is 5.11 Å². The topological polar surface area (TPSA) is 63.8 Å². The van der Waals surface area contributed by atoms with Gasteiger partial charge in [-0.1, -0.05) is 19.9 Å². The summed E-state index contributed by atoms with van der Waals surface area (Å²) in [7, 11) is 0. The minimum Gasteiger partial charge on any atom is -0.508 e. The Balaban J connectivity index is 2.46. The average Bonchev–Trinajstić information content (AvgIpc) is 2.63. The van der Waals surface area contributed by atoms with E-state index in [0.29, 0.717) is 11.7 Å². The number of hydrogen-bond donors (Lipinski definition) is 1. The van der Waals surface area contributed by atoms with Crippen molar-refractivity contribution in [2.75, 3.05) is 0 Å². The molecule has 1 aromatic heterocycles. The monoisotopic (exact) mass is 218 g/mol. The molecule has 2 aromatic rings. The van der Waals surface area contributed by atoms with Gasteiger partial charge < -0.3 is 5.11 Å². The van der Waals surface area contributed by atoms with Crippen LogP contribution in [0.2, 0.25) is 0 Å². The lowest BCUT2D eigenvalue weighted by Gasteiger charge is -2.09. The zero-order valence-corrected chi connectivity index (χ0v) is 9.55. The van der Waals surface area contributed by atoms with E-state index in [2.05, 4.69) is 15.5 Å². The van der Waals surface area contributed by atoms with Crippen molar-refractivity contribution in [1.29, 1.82) is 0 Å². The molecule has 5 heteroatoms. The van der Waals surface area contributed by atoms with Crippen LogP contribution in [0.15, 0.2) is 18.2 Å². The molecule has 1 heterocycles. The maximum absolute atomic E-state index is 9.87. The van der Waals surface area contributed by atoms with E-state index >= 15 is 0 Å². The van der Waals surface area contributed by atoms with Crippen molar-refractivity contribution in [3.63, 3.8) is 0 Å². The zero-order valence-electron chi connectivity index (χ0n) is 9.55. The van der Waals surface area contributed by atoms with E-state index < -0.39 is 0 Å². The molecule has 1 aromatic carbocycles. The number of tetrazole rings is 1. The number of benzene rings is 1. The molecule has 0 fully saturated rings. The lowest BCUT2D eigenvalue weighted by atomic mass is 10.0. The van der Waals surface area contributed by atoms with Crippen LogP contribution in [0.3, 0.4) is 0 Å². The Morgan fingerprint density at radius 2 is 2.06 bits per heavy atom. The number of phenols is 1. The minimum absolute atomic E-state index is 0.280. The van der Waals surface area contributed by atoms with E-state index in [1.54, 1.807) is 10.7 Å². The van der Waals surface area contributed by atoms with Crippen LogP contribution in [-0.2, 0) is 0 Å². The summed E-state index contributed by atoms with van der Waals surface area (Å²) in [4.78, 5) is 0. The molecule has 0 radical (unpaired) electrons. The smallest absolute Gasteiger partial charge is 0.153 e. The van der Waals surface area contributed by atoms with Gasteiger partial charge in [0.1, 0.15) is 5.75 Å². The molecule has 0 aliphatic carbocycles. The van der Waals surface area contributed by atoms with Gasteiger partial charge in [-0.2, -0.15) is 4.68 Å². The first kappa shape index (κ1) is 10.6. The van der Waals surface area contributed by atoms with Gasteiger partial charge in [0.05, 0.1) is 5.69 Å². The summed E-state index contributed by atoms with van der Waals surface area (Å²) in [5, 5.41) is 21.1. The number of nitrogens with zero attached hydrogens (tertiary/aromatic N) is 4. The standard InChI is InChI=1S/C11H14N4O/c1-7(2)10-5-4-9(6-11(10)16)15-8(3)12-13-14-15/h4-7,16H,1-3H3. The fraction of sp³-hybridized carbons (Fsp3) is 0.364. The summed E-state index contributed by atoms with van der Waals surface area (Å²) in [6, 6.07) is 5.48. The Morgan fingerprint density at radius 3 is 2.56 bits per heavy atom. The van der Waals surface area contributed by atoms with E-state index in [-0.39, 0.29) is 5.75 Å². The van der Waals surface area contributed by atoms with Crippen molar-refractivity contribution in [2.45, 2.75) is 26.7 Å². The maximum atomic E-state index is 9.87. The summed E-state index contributed by atoms with van der Waals surface area (Å²) >= 11 is 0. The van der Waals surface area contributed by atoms with Crippen LogP contribution in [0.1, 0.15) is 31.2 Å². The van der Waals surface area contributed by atoms with Gasteiger partial charge in [-0.05, 0) is 34.9 Å². The fourth-order valence-corrected chi connectivity index (χ4v) is 1.62. The molecule has 0 saturated carbocycles. The van der Waals surface area contributed by atoms with E-state index in [1.165, 1.54) is 0 Å². The summed E-state index contributed by atoms with van der Waals surface area (Å²) in [5.74, 6) is 1.27.